The highest BCUT2D eigenvalue weighted by Crippen LogP contribution is 2.30. The highest BCUT2D eigenvalue weighted by molar-refractivity contribution is 7.99. The first-order chi connectivity index (χ1) is 8.69. The molecule has 1 rings (SSSR count). The van der Waals surface area contributed by atoms with Crippen molar-refractivity contribution in [2.45, 2.75) is 37.1 Å². The van der Waals surface area contributed by atoms with E-state index in [1.807, 2.05) is 23.9 Å². The van der Waals surface area contributed by atoms with Gasteiger partial charge in [-0.15, -0.1) is 11.8 Å². The Morgan fingerprint density at radius 3 is 2.89 bits per heavy atom. The summed E-state index contributed by atoms with van der Waals surface area (Å²) in [7, 11) is 1.73. The maximum atomic E-state index is 6.28. The van der Waals surface area contributed by atoms with E-state index < -0.39 is 0 Å². The second kappa shape index (κ2) is 8.81. The van der Waals surface area contributed by atoms with Crippen molar-refractivity contribution in [1.82, 2.24) is 0 Å². The fourth-order valence-electron chi connectivity index (χ4n) is 1.66. The van der Waals surface area contributed by atoms with Crippen LogP contribution in [0.25, 0.3) is 0 Å². The molecule has 4 heteroatoms. The minimum Gasteiger partial charge on any atom is -0.385 e. The lowest BCUT2D eigenvalue weighted by atomic mass is 10.0. The Hall–Kier alpha value is -0.220. The second-order valence-electron chi connectivity index (χ2n) is 4.28. The molecule has 0 saturated carbocycles. The van der Waals surface area contributed by atoms with Gasteiger partial charge in [0.2, 0.25) is 0 Å². The van der Waals surface area contributed by atoms with Gasteiger partial charge >= 0.3 is 0 Å². The quantitative estimate of drug-likeness (QED) is 0.584. The van der Waals surface area contributed by atoms with Crippen LogP contribution in [0.1, 0.15) is 25.3 Å². The molecule has 1 aromatic rings. The summed E-state index contributed by atoms with van der Waals surface area (Å²) >= 11 is 8.11. The molecule has 0 spiro atoms. The first kappa shape index (κ1) is 15.8. The zero-order valence-corrected chi connectivity index (χ0v) is 12.7. The summed E-state index contributed by atoms with van der Waals surface area (Å²) in [6, 6.07) is 6.25. The third-order valence-corrected chi connectivity index (χ3v) is 4.36. The molecule has 0 fully saturated rings. The molecule has 0 aliphatic rings. The van der Waals surface area contributed by atoms with Gasteiger partial charge in [0, 0.05) is 35.4 Å². The van der Waals surface area contributed by atoms with Gasteiger partial charge in [-0.1, -0.05) is 24.6 Å². The van der Waals surface area contributed by atoms with Crippen LogP contribution in [0.3, 0.4) is 0 Å². The molecule has 0 aliphatic heterocycles. The van der Waals surface area contributed by atoms with Gasteiger partial charge in [0.05, 0.1) is 0 Å². The molecule has 0 bridgehead atoms. The Kier molecular flexibility index (Phi) is 7.75. The fourth-order valence-corrected chi connectivity index (χ4v) is 3.00. The minimum absolute atomic E-state index is 0.184. The standard InChI is InChI=1S/C14H22ClNOS/c1-3-11(16)10-12-13(15)6-4-7-14(12)18-9-5-8-17-2/h4,6-7,11H,3,5,8-10,16H2,1-2H3. The number of hydrogen-bond acceptors (Lipinski definition) is 3. The lowest BCUT2D eigenvalue weighted by molar-refractivity contribution is 0.200. The number of benzene rings is 1. The molecule has 1 unspecified atom stereocenters. The van der Waals surface area contributed by atoms with E-state index in [1.54, 1.807) is 7.11 Å². The van der Waals surface area contributed by atoms with E-state index in [-0.39, 0.29) is 6.04 Å². The zero-order valence-electron chi connectivity index (χ0n) is 11.1. The number of methoxy groups -OCH3 is 1. The molecule has 2 N–H and O–H groups in total. The number of rotatable bonds is 8. The fraction of sp³-hybridized carbons (Fsp3) is 0.571. The smallest absolute Gasteiger partial charge is 0.0470 e. The zero-order chi connectivity index (χ0) is 13.4. The highest BCUT2D eigenvalue weighted by atomic mass is 35.5. The summed E-state index contributed by atoms with van der Waals surface area (Å²) in [5.41, 5.74) is 7.22. The Bertz CT molecular complexity index is 360. The molecule has 0 aromatic heterocycles. The molecule has 0 radical (unpaired) electrons. The van der Waals surface area contributed by atoms with Crippen LogP contribution in [-0.2, 0) is 11.2 Å². The predicted octanol–water partition coefficient (Wildman–Crippen LogP) is 3.75. The van der Waals surface area contributed by atoms with Crippen LogP contribution in [0.2, 0.25) is 5.02 Å². The Labute approximate surface area is 119 Å². The largest absolute Gasteiger partial charge is 0.385 e. The average Bonchev–Trinajstić information content (AvgIpc) is 2.38. The van der Waals surface area contributed by atoms with Crippen molar-refractivity contribution >= 4 is 23.4 Å². The van der Waals surface area contributed by atoms with Crippen molar-refractivity contribution in [2.75, 3.05) is 19.5 Å². The van der Waals surface area contributed by atoms with Crippen LogP contribution in [-0.4, -0.2) is 25.5 Å². The first-order valence-electron chi connectivity index (χ1n) is 6.33. The monoisotopic (exact) mass is 287 g/mol. The van der Waals surface area contributed by atoms with Crippen molar-refractivity contribution in [1.29, 1.82) is 0 Å². The molecule has 0 aliphatic carbocycles. The third kappa shape index (κ3) is 5.19. The SMILES string of the molecule is CCC(N)Cc1c(Cl)cccc1SCCCOC. The summed E-state index contributed by atoms with van der Waals surface area (Å²) in [6.07, 6.45) is 2.87. The van der Waals surface area contributed by atoms with Crippen molar-refractivity contribution < 1.29 is 4.74 Å². The number of hydrogen-bond donors (Lipinski definition) is 1. The molecule has 1 aromatic carbocycles. The van der Waals surface area contributed by atoms with Gasteiger partial charge in [-0.25, -0.2) is 0 Å². The molecule has 0 amide bonds. The topological polar surface area (TPSA) is 35.2 Å². The Morgan fingerprint density at radius 1 is 1.44 bits per heavy atom. The number of ether oxygens (including phenoxy) is 1. The van der Waals surface area contributed by atoms with Gasteiger partial charge in [-0.2, -0.15) is 0 Å². The van der Waals surface area contributed by atoms with Crippen molar-refractivity contribution in [3.63, 3.8) is 0 Å². The molecule has 102 valence electrons. The molecular formula is C14H22ClNOS. The van der Waals surface area contributed by atoms with Crippen LogP contribution in [0.5, 0.6) is 0 Å². The van der Waals surface area contributed by atoms with Gasteiger partial charge in [0.15, 0.2) is 0 Å². The summed E-state index contributed by atoms with van der Waals surface area (Å²) < 4.78 is 5.06. The van der Waals surface area contributed by atoms with Crippen molar-refractivity contribution in [3.05, 3.63) is 28.8 Å². The number of thioether (sulfide) groups is 1. The van der Waals surface area contributed by atoms with Crippen molar-refractivity contribution in [2.24, 2.45) is 5.73 Å². The number of halogens is 1. The van der Waals surface area contributed by atoms with E-state index >= 15 is 0 Å². The van der Waals surface area contributed by atoms with Gasteiger partial charge in [-0.3, -0.25) is 0 Å². The molecule has 2 nitrogen and oxygen atoms in total. The van der Waals surface area contributed by atoms with Gasteiger partial charge in [0.25, 0.3) is 0 Å². The summed E-state index contributed by atoms with van der Waals surface area (Å²) in [4.78, 5) is 1.25. The summed E-state index contributed by atoms with van der Waals surface area (Å²) in [5, 5.41) is 0.829. The van der Waals surface area contributed by atoms with Crippen molar-refractivity contribution in [3.8, 4) is 0 Å². The van der Waals surface area contributed by atoms with E-state index in [0.717, 1.165) is 36.6 Å². The molecule has 1 atom stereocenters. The van der Waals surface area contributed by atoms with E-state index in [1.165, 1.54) is 10.5 Å². The summed E-state index contributed by atoms with van der Waals surface area (Å²) in [5.74, 6) is 1.04. The summed E-state index contributed by atoms with van der Waals surface area (Å²) in [6.45, 7) is 2.91. The second-order valence-corrected chi connectivity index (χ2v) is 5.83. The van der Waals surface area contributed by atoms with E-state index in [9.17, 15) is 0 Å². The normalized spacial score (nSPS) is 12.7. The average molecular weight is 288 g/mol. The van der Waals surface area contributed by atoms with Gasteiger partial charge in [0.1, 0.15) is 0 Å². The van der Waals surface area contributed by atoms with E-state index in [0.29, 0.717) is 0 Å². The van der Waals surface area contributed by atoms with Crippen LogP contribution < -0.4 is 5.73 Å². The van der Waals surface area contributed by atoms with E-state index in [2.05, 4.69) is 13.0 Å². The maximum absolute atomic E-state index is 6.28. The van der Waals surface area contributed by atoms with Gasteiger partial charge in [-0.05, 0) is 37.0 Å². The molecule has 0 heterocycles. The van der Waals surface area contributed by atoms with Crippen LogP contribution in [0.4, 0.5) is 0 Å². The van der Waals surface area contributed by atoms with Crippen LogP contribution in [0.15, 0.2) is 23.1 Å². The molecule has 18 heavy (non-hydrogen) atoms. The highest BCUT2D eigenvalue weighted by Gasteiger charge is 2.10. The first-order valence-corrected chi connectivity index (χ1v) is 7.70. The molecular weight excluding hydrogens is 266 g/mol. The number of nitrogens with two attached hydrogens (primary N) is 1. The maximum Gasteiger partial charge on any atom is 0.0470 e. The predicted molar refractivity (Wildman–Crippen MR) is 80.6 cm³/mol. The third-order valence-electron chi connectivity index (χ3n) is 2.82. The lowest BCUT2D eigenvalue weighted by Gasteiger charge is -2.14. The Balaban J connectivity index is 2.67. The molecule has 0 saturated heterocycles. The lowest BCUT2D eigenvalue weighted by Crippen LogP contribution is -2.21. The van der Waals surface area contributed by atoms with E-state index in [4.69, 9.17) is 22.1 Å². The Morgan fingerprint density at radius 2 is 2.22 bits per heavy atom. The van der Waals surface area contributed by atoms with Gasteiger partial charge < -0.3 is 10.5 Å². The van der Waals surface area contributed by atoms with Crippen LogP contribution >= 0.6 is 23.4 Å². The van der Waals surface area contributed by atoms with Crippen LogP contribution in [0, 0.1) is 0 Å². The minimum atomic E-state index is 0.184.